The summed E-state index contributed by atoms with van der Waals surface area (Å²) in [5, 5.41) is 14.0. The van der Waals surface area contributed by atoms with Crippen LogP contribution in [-0.4, -0.2) is 58.2 Å². The zero-order valence-corrected chi connectivity index (χ0v) is 18.0. The summed E-state index contributed by atoms with van der Waals surface area (Å²) in [6.07, 6.45) is 1.68. The standard InChI is InChI=1S/C25H23N5O3/c31-25(32)20-8-4-5-18(13-20)16-26-17-21-14-24(29-9-11-33-12-10-29)30-23(27-21)15-22(28-30)19-6-2-1-3-7-19/h1-8,13-16H,9-12,17H2,(H,31,32). The Bertz CT molecular complexity index is 1310. The highest BCUT2D eigenvalue weighted by Gasteiger charge is 2.18. The molecular formula is C25H23N5O3. The lowest BCUT2D eigenvalue weighted by molar-refractivity contribution is 0.0697. The van der Waals surface area contributed by atoms with E-state index in [1.807, 2.05) is 53.0 Å². The van der Waals surface area contributed by atoms with E-state index >= 15 is 0 Å². The minimum Gasteiger partial charge on any atom is -0.478 e. The van der Waals surface area contributed by atoms with E-state index in [-0.39, 0.29) is 5.56 Å². The van der Waals surface area contributed by atoms with Gasteiger partial charge >= 0.3 is 5.97 Å². The summed E-state index contributed by atoms with van der Waals surface area (Å²) < 4.78 is 7.41. The molecule has 5 rings (SSSR count). The molecule has 0 spiro atoms. The molecule has 3 heterocycles. The van der Waals surface area contributed by atoms with Crippen LogP contribution in [0.15, 0.2) is 71.7 Å². The monoisotopic (exact) mass is 441 g/mol. The molecule has 0 bridgehead atoms. The van der Waals surface area contributed by atoms with Gasteiger partial charge in [0.1, 0.15) is 5.82 Å². The molecule has 2 aromatic carbocycles. The molecule has 1 fully saturated rings. The van der Waals surface area contributed by atoms with Gasteiger partial charge in [0.25, 0.3) is 0 Å². The lowest BCUT2D eigenvalue weighted by Crippen LogP contribution is -2.37. The Morgan fingerprint density at radius 3 is 2.67 bits per heavy atom. The van der Waals surface area contributed by atoms with Crippen LogP contribution in [0.25, 0.3) is 16.9 Å². The van der Waals surface area contributed by atoms with Gasteiger partial charge in [-0.25, -0.2) is 9.78 Å². The number of hydrogen-bond acceptors (Lipinski definition) is 6. The van der Waals surface area contributed by atoms with Crippen molar-refractivity contribution < 1.29 is 14.6 Å². The van der Waals surface area contributed by atoms with Crippen molar-refractivity contribution in [2.75, 3.05) is 31.2 Å². The summed E-state index contributed by atoms with van der Waals surface area (Å²) in [6.45, 7) is 3.28. The lowest BCUT2D eigenvalue weighted by atomic mass is 10.1. The molecule has 0 unspecified atom stereocenters. The number of morpholine rings is 1. The van der Waals surface area contributed by atoms with Crippen molar-refractivity contribution in [3.63, 3.8) is 0 Å². The van der Waals surface area contributed by atoms with Gasteiger partial charge in [0.15, 0.2) is 5.65 Å². The fraction of sp³-hybridized carbons (Fsp3) is 0.200. The summed E-state index contributed by atoms with van der Waals surface area (Å²) in [4.78, 5) is 22.7. The molecule has 33 heavy (non-hydrogen) atoms. The fourth-order valence-electron chi connectivity index (χ4n) is 3.85. The van der Waals surface area contributed by atoms with Crippen LogP contribution in [0.4, 0.5) is 5.82 Å². The van der Waals surface area contributed by atoms with Gasteiger partial charge in [-0.15, -0.1) is 0 Å². The largest absolute Gasteiger partial charge is 0.478 e. The Hall–Kier alpha value is -4.04. The molecule has 4 aromatic rings. The van der Waals surface area contributed by atoms with Crippen molar-refractivity contribution in [1.29, 1.82) is 0 Å². The number of carbonyl (C=O) groups is 1. The van der Waals surface area contributed by atoms with Crippen molar-refractivity contribution >= 4 is 23.6 Å². The quantitative estimate of drug-likeness (QED) is 0.460. The average Bonchev–Trinajstić information content (AvgIpc) is 3.29. The van der Waals surface area contributed by atoms with Gasteiger partial charge in [-0.05, 0) is 17.7 Å². The molecule has 166 valence electrons. The van der Waals surface area contributed by atoms with Crippen LogP contribution < -0.4 is 4.90 Å². The van der Waals surface area contributed by atoms with Crippen LogP contribution in [-0.2, 0) is 11.3 Å². The van der Waals surface area contributed by atoms with Gasteiger partial charge < -0.3 is 14.7 Å². The van der Waals surface area contributed by atoms with Gasteiger partial charge in [0.2, 0.25) is 0 Å². The van der Waals surface area contributed by atoms with E-state index in [4.69, 9.17) is 14.8 Å². The van der Waals surface area contributed by atoms with Crippen molar-refractivity contribution in [2.24, 2.45) is 4.99 Å². The average molecular weight is 441 g/mol. The summed E-state index contributed by atoms with van der Waals surface area (Å²) in [5.41, 5.74) is 4.45. The zero-order valence-electron chi connectivity index (χ0n) is 18.0. The fourth-order valence-corrected chi connectivity index (χ4v) is 3.85. The first-order valence-electron chi connectivity index (χ1n) is 10.8. The number of aromatic carboxylic acids is 1. The van der Waals surface area contributed by atoms with E-state index in [9.17, 15) is 9.90 Å². The highest BCUT2D eigenvalue weighted by atomic mass is 16.5. The molecule has 0 radical (unpaired) electrons. The molecule has 0 aliphatic carbocycles. The van der Waals surface area contributed by atoms with E-state index in [0.717, 1.165) is 47.1 Å². The van der Waals surface area contributed by atoms with Gasteiger partial charge in [-0.3, -0.25) is 4.99 Å². The maximum atomic E-state index is 11.2. The van der Waals surface area contributed by atoms with E-state index in [0.29, 0.717) is 19.8 Å². The first-order valence-corrected chi connectivity index (χ1v) is 10.8. The summed E-state index contributed by atoms with van der Waals surface area (Å²) in [6, 6.07) is 20.8. The first-order chi connectivity index (χ1) is 16.2. The second kappa shape index (κ2) is 9.22. The van der Waals surface area contributed by atoms with Crippen molar-refractivity contribution in [1.82, 2.24) is 14.6 Å². The number of benzene rings is 2. The highest BCUT2D eigenvalue weighted by Crippen LogP contribution is 2.24. The Morgan fingerprint density at radius 1 is 1.06 bits per heavy atom. The van der Waals surface area contributed by atoms with Gasteiger partial charge in [0, 0.05) is 37.0 Å². The van der Waals surface area contributed by atoms with Crippen molar-refractivity contribution in [3.8, 4) is 11.3 Å². The molecule has 8 nitrogen and oxygen atoms in total. The Balaban J connectivity index is 1.48. The summed E-state index contributed by atoms with van der Waals surface area (Å²) in [7, 11) is 0. The molecule has 1 saturated heterocycles. The minimum atomic E-state index is -0.956. The van der Waals surface area contributed by atoms with Gasteiger partial charge in [0.05, 0.1) is 36.7 Å². The third-order valence-corrected chi connectivity index (χ3v) is 5.49. The van der Waals surface area contributed by atoms with Crippen LogP contribution in [0.3, 0.4) is 0 Å². The number of fused-ring (bicyclic) bond motifs is 1. The van der Waals surface area contributed by atoms with Crippen molar-refractivity contribution in [2.45, 2.75) is 6.54 Å². The van der Waals surface area contributed by atoms with E-state index in [2.05, 4.69) is 9.89 Å². The van der Waals surface area contributed by atoms with Crippen LogP contribution in [0, 0.1) is 0 Å². The third-order valence-electron chi connectivity index (χ3n) is 5.49. The molecule has 2 aromatic heterocycles. The SMILES string of the molecule is O=C(O)c1cccc(C=NCc2cc(N3CCOCC3)n3nc(-c4ccccc4)cc3n2)c1. The third kappa shape index (κ3) is 4.61. The number of carboxylic acid groups (broad SMARTS) is 1. The highest BCUT2D eigenvalue weighted by molar-refractivity contribution is 5.90. The van der Waals surface area contributed by atoms with E-state index < -0.39 is 5.97 Å². The second-order valence-corrected chi connectivity index (χ2v) is 7.77. The molecule has 1 N–H and O–H groups in total. The maximum absolute atomic E-state index is 11.2. The molecule has 0 saturated carbocycles. The number of hydrogen-bond donors (Lipinski definition) is 1. The number of anilines is 1. The lowest BCUT2D eigenvalue weighted by Gasteiger charge is -2.29. The van der Waals surface area contributed by atoms with Crippen molar-refractivity contribution in [3.05, 3.63) is 83.6 Å². The van der Waals surface area contributed by atoms with Gasteiger partial charge in [-0.2, -0.15) is 9.61 Å². The van der Waals surface area contributed by atoms with E-state index in [1.165, 1.54) is 0 Å². The molecular weight excluding hydrogens is 418 g/mol. The Kier molecular flexibility index (Phi) is 5.82. The maximum Gasteiger partial charge on any atom is 0.335 e. The molecule has 8 heteroatoms. The first kappa shape index (κ1) is 20.8. The minimum absolute atomic E-state index is 0.237. The van der Waals surface area contributed by atoms with E-state index in [1.54, 1.807) is 24.4 Å². The number of aliphatic imine (C=N–C) groups is 1. The normalized spacial score (nSPS) is 14.2. The molecule has 1 aliphatic rings. The second-order valence-electron chi connectivity index (χ2n) is 7.77. The Labute approximate surface area is 190 Å². The summed E-state index contributed by atoms with van der Waals surface area (Å²) >= 11 is 0. The van der Waals surface area contributed by atoms with Crippen LogP contribution in [0.2, 0.25) is 0 Å². The smallest absolute Gasteiger partial charge is 0.335 e. The van der Waals surface area contributed by atoms with Crippen LogP contribution in [0.5, 0.6) is 0 Å². The Morgan fingerprint density at radius 2 is 1.88 bits per heavy atom. The zero-order chi connectivity index (χ0) is 22.6. The predicted octanol–water partition coefficient (Wildman–Crippen LogP) is 3.55. The predicted molar refractivity (Wildman–Crippen MR) is 126 cm³/mol. The van der Waals surface area contributed by atoms with Crippen LogP contribution in [0.1, 0.15) is 21.6 Å². The number of aromatic nitrogens is 3. The number of carboxylic acids is 1. The number of nitrogens with zero attached hydrogens (tertiary/aromatic N) is 5. The molecule has 0 amide bonds. The topological polar surface area (TPSA) is 92.3 Å². The molecule has 1 aliphatic heterocycles. The molecule has 0 atom stereocenters. The van der Waals surface area contributed by atoms with Crippen LogP contribution >= 0.6 is 0 Å². The van der Waals surface area contributed by atoms with Gasteiger partial charge in [-0.1, -0.05) is 42.5 Å². The summed E-state index contributed by atoms with van der Waals surface area (Å²) in [5.74, 6) is 0.00558. The number of ether oxygens (including phenoxy) is 1. The number of rotatable bonds is 6.